The minimum Gasteiger partial charge on any atom is -0.479 e. The summed E-state index contributed by atoms with van der Waals surface area (Å²) in [6, 6.07) is 7.45. The number of aliphatic carboxylic acids is 1. The van der Waals surface area contributed by atoms with Crippen LogP contribution in [0.5, 0.6) is 0 Å². The van der Waals surface area contributed by atoms with Gasteiger partial charge in [0.2, 0.25) is 0 Å². The van der Waals surface area contributed by atoms with Gasteiger partial charge in [-0.3, -0.25) is 4.79 Å². The Bertz CT molecular complexity index is 474. The van der Waals surface area contributed by atoms with Gasteiger partial charge in [0.15, 0.2) is 6.10 Å². The molecule has 0 saturated carbocycles. The minimum absolute atomic E-state index is 0.291. The van der Waals surface area contributed by atoms with Crippen molar-refractivity contribution in [2.45, 2.75) is 29.9 Å². The number of carbonyl (C=O) groups excluding carboxylic acids is 1. The summed E-state index contributed by atoms with van der Waals surface area (Å²) in [5.41, 5.74) is 0.685. The molecule has 0 radical (unpaired) electrons. The highest BCUT2D eigenvalue weighted by Gasteiger charge is 2.34. The zero-order valence-corrected chi connectivity index (χ0v) is 11.3. The van der Waals surface area contributed by atoms with Gasteiger partial charge in [-0.05, 0) is 43.4 Å². The molecule has 5 nitrogen and oxygen atoms in total. The van der Waals surface area contributed by atoms with Crippen LogP contribution in [0.1, 0.15) is 12.8 Å². The third-order valence-electron chi connectivity index (χ3n) is 2.95. The lowest BCUT2D eigenvalue weighted by atomic mass is 10.2. The van der Waals surface area contributed by atoms with Crippen LogP contribution in [0, 0.1) is 0 Å². The van der Waals surface area contributed by atoms with Crippen LogP contribution in [-0.2, 0) is 14.3 Å². The lowest BCUT2D eigenvalue weighted by Crippen LogP contribution is -2.29. The topological polar surface area (TPSA) is 75.6 Å². The molecule has 0 spiro atoms. The molecule has 1 fully saturated rings. The van der Waals surface area contributed by atoms with Crippen molar-refractivity contribution in [3.05, 3.63) is 24.3 Å². The Morgan fingerprint density at radius 3 is 2.42 bits per heavy atom. The summed E-state index contributed by atoms with van der Waals surface area (Å²) in [7, 11) is 0. The third-order valence-corrected chi connectivity index (χ3v) is 3.69. The Labute approximate surface area is 115 Å². The second-order valence-electron chi connectivity index (χ2n) is 4.25. The maximum Gasteiger partial charge on any atom is 0.332 e. The number of thioether (sulfide) groups is 1. The monoisotopic (exact) mass is 281 g/mol. The van der Waals surface area contributed by atoms with Gasteiger partial charge in [-0.15, -0.1) is 11.8 Å². The molecule has 102 valence electrons. The highest BCUT2D eigenvalue weighted by atomic mass is 32.2. The first-order chi connectivity index (χ1) is 9.10. The summed E-state index contributed by atoms with van der Waals surface area (Å²) >= 11 is 1.62. The summed E-state index contributed by atoms with van der Waals surface area (Å²) in [5, 5.41) is 11.5. The van der Waals surface area contributed by atoms with Gasteiger partial charge < -0.3 is 15.2 Å². The zero-order valence-electron chi connectivity index (χ0n) is 10.5. The van der Waals surface area contributed by atoms with Crippen molar-refractivity contribution < 1.29 is 19.4 Å². The Morgan fingerprint density at radius 1 is 1.26 bits per heavy atom. The number of carboxylic acid groups (broad SMARTS) is 1. The molecule has 1 saturated heterocycles. The minimum atomic E-state index is -1.01. The van der Waals surface area contributed by atoms with Gasteiger partial charge in [0.1, 0.15) is 6.10 Å². The fraction of sp³-hybridized carbons (Fsp3) is 0.385. The fourth-order valence-electron chi connectivity index (χ4n) is 1.91. The van der Waals surface area contributed by atoms with E-state index >= 15 is 0 Å². The van der Waals surface area contributed by atoms with E-state index in [4.69, 9.17) is 9.84 Å². The third kappa shape index (κ3) is 3.48. The number of ether oxygens (including phenoxy) is 1. The number of benzene rings is 1. The van der Waals surface area contributed by atoms with Gasteiger partial charge in [-0.25, -0.2) is 4.79 Å². The highest BCUT2D eigenvalue weighted by molar-refractivity contribution is 7.98. The van der Waals surface area contributed by atoms with Crippen molar-refractivity contribution in [2.24, 2.45) is 0 Å². The summed E-state index contributed by atoms with van der Waals surface area (Å²) in [6.07, 6.45) is 1.24. The maximum absolute atomic E-state index is 11.9. The van der Waals surface area contributed by atoms with E-state index in [0.717, 1.165) is 4.90 Å². The first-order valence-corrected chi connectivity index (χ1v) is 7.16. The van der Waals surface area contributed by atoms with E-state index in [1.807, 2.05) is 30.5 Å². The van der Waals surface area contributed by atoms with Crippen LogP contribution in [0.2, 0.25) is 0 Å². The van der Waals surface area contributed by atoms with Crippen LogP contribution in [0.4, 0.5) is 5.69 Å². The normalized spacial score (nSPS) is 22.2. The molecule has 1 aliphatic heterocycles. The molecule has 2 atom stereocenters. The Morgan fingerprint density at radius 2 is 1.89 bits per heavy atom. The van der Waals surface area contributed by atoms with Crippen LogP contribution in [0.15, 0.2) is 29.2 Å². The second kappa shape index (κ2) is 6.08. The molecule has 1 aromatic carbocycles. The Balaban J connectivity index is 1.92. The van der Waals surface area contributed by atoms with Crippen molar-refractivity contribution in [1.82, 2.24) is 0 Å². The zero-order chi connectivity index (χ0) is 13.8. The predicted molar refractivity (Wildman–Crippen MR) is 72.4 cm³/mol. The van der Waals surface area contributed by atoms with E-state index < -0.39 is 18.2 Å². The summed E-state index contributed by atoms with van der Waals surface area (Å²) in [4.78, 5) is 23.8. The number of amides is 1. The van der Waals surface area contributed by atoms with Gasteiger partial charge in [0.05, 0.1) is 0 Å². The molecule has 0 unspecified atom stereocenters. The Hall–Kier alpha value is -1.53. The molecule has 0 aliphatic carbocycles. The number of hydrogen-bond acceptors (Lipinski definition) is 4. The molecule has 1 heterocycles. The molecule has 0 aromatic heterocycles. The van der Waals surface area contributed by atoms with Crippen molar-refractivity contribution in [3.8, 4) is 0 Å². The van der Waals surface area contributed by atoms with Gasteiger partial charge in [-0.1, -0.05) is 0 Å². The SMILES string of the molecule is CSc1ccc(NC(=O)[C@@H]2CC[C@H](C(=O)O)O2)cc1. The molecule has 0 bridgehead atoms. The number of hydrogen-bond donors (Lipinski definition) is 2. The van der Waals surface area contributed by atoms with E-state index in [1.165, 1.54) is 0 Å². The van der Waals surface area contributed by atoms with Crippen molar-refractivity contribution in [3.63, 3.8) is 0 Å². The molecule has 1 aliphatic rings. The first-order valence-electron chi connectivity index (χ1n) is 5.93. The summed E-state index contributed by atoms with van der Waals surface area (Å²) in [6.45, 7) is 0. The largest absolute Gasteiger partial charge is 0.479 e. The summed E-state index contributed by atoms with van der Waals surface area (Å²) < 4.78 is 5.19. The smallest absolute Gasteiger partial charge is 0.332 e. The molecule has 2 N–H and O–H groups in total. The average molecular weight is 281 g/mol. The van der Waals surface area contributed by atoms with E-state index in [2.05, 4.69) is 5.32 Å². The molecule has 2 rings (SSSR count). The predicted octanol–water partition coefficient (Wildman–Crippen LogP) is 1.98. The maximum atomic E-state index is 11.9. The van der Waals surface area contributed by atoms with Crippen LogP contribution in [0.25, 0.3) is 0 Å². The number of carbonyl (C=O) groups is 2. The van der Waals surface area contributed by atoms with E-state index in [0.29, 0.717) is 18.5 Å². The lowest BCUT2D eigenvalue weighted by molar-refractivity contribution is -0.150. The molecular formula is C13H15NO4S. The van der Waals surface area contributed by atoms with E-state index in [9.17, 15) is 9.59 Å². The highest BCUT2D eigenvalue weighted by Crippen LogP contribution is 2.22. The van der Waals surface area contributed by atoms with Gasteiger partial charge in [-0.2, -0.15) is 0 Å². The number of carboxylic acids is 1. The standard InChI is InChI=1S/C13H15NO4S/c1-19-9-4-2-8(3-5-9)14-12(15)10-6-7-11(18-10)13(16)17/h2-5,10-11H,6-7H2,1H3,(H,14,15)(H,16,17)/t10-,11+/m0/s1. The molecule has 6 heteroatoms. The Kier molecular flexibility index (Phi) is 4.44. The van der Waals surface area contributed by atoms with Crippen molar-refractivity contribution in [1.29, 1.82) is 0 Å². The number of anilines is 1. The van der Waals surface area contributed by atoms with Crippen LogP contribution in [0.3, 0.4) is 0 Å². The molecule has 1 amide bonds. The van der Waals surface area contributed by atoms with Gasteiger partial charge >= 0.3 is 5.97 Å². The molecular weight excluding hydrogens is 266 g/mol. The van der Waals surface area contributed by atoms with Crippen LogP contribution >= 0.6 is 11.8 Å². The lowest BCUT2D eigenvalue weighted by Gasteiger charge is -2.12. The van der Waals surface area contributed by atoms with E-state index in [1.54, 1.807) is 11.8 Å². The van der Waals surface area contributed by atoms with Gasteiger partial charge in [0.25, 0.3) is 5.91 Å². The first kappa shape index (κ1) is 13.9. The number of rotatable bonds is 4. The quantitative estimate of drug-likeness (QED) is 0.825. The fourth-order valence-corrected chi connectivity index (χ4v) is 2.32. The van der Waals surface area contributed by atoms with E-state index in [-0.39, 0.29) is 5.91 Å². The van der Waals surface area contributed by atoms with Gasteiger partial charge in [0, 0.05) is 10.6 Å². The molecule has 19 heavy (non-hydrogen) atoms. The average Bonchev–Trinajstić information content (AvgIpc) is 2.89. The number of nitrogens with one attached hydrogen (secondary N) is 1. The van der Waals surface area contributed by atoms with Crippen molar-refractivity contribution in [2.75, 3.05) is 11.6 Å². The molecule has 1 aromatic rings. The van der Waals surface area contributed by atoms with Crippen LogP contribution < -0.4 is 5.32 Å². The van der Waals surface area contributed by atoms with Crippen LogP contribution in [-0.4, -0.2) is 35.4 Å². The summed E-state index contributed by atoms with van der Waals surface area (Å²) in [5.74, 6) is -1.31. The van der Waals surface area contributed by atoms with Crippen molar-refractivity contribution >= 4 is 29.3 Å². The second-order valence-corrected chi connectivity index (χ2v) is 5.13.